The molecule has 1 aliphatic carbocycles. The molecule has 2 N–H and O–H groups in total. The third-order valence-corrected chi connectivity index (χ3v) is 6.73. The van der Waals surface area contributed by atoms with Crippen LogP contribution in [0.15, 0.2) is 47.4 Å². The van der Waals surface area contributed by atoms with E-state index in [2.05, 4.69) is 14.9 Å². The van der Waals surface area contributed by atoms with Crippen LogP contribution in [0.25, 0.3) is 11.2 Å². The summed E-state index contributed by atoms with van der Waals surface area (Å²) >= 11 is 6.34. The first kappa shape index (κ1) is 19.3. The number of rotatable bonds is 3. The maximum absolute atomic E-state index is 13.6. The minimum Gasteiger partial charge on any atom is -0.368 e. The number of aromatic nitrogens is 5. The normalized spacial score (nSPS) is 17.9. The van der Waals surface area contributed by atoms with Gasteiger partial charge >= 0.3 is 0 Å². The number of halogens is 1. The van der Waals surface area contributed by atoms with Gasteiger partial charge in [0, 0.05) is 18.3 Å². The van der Waals surface area contributed by atoms with Crippen LogP contribution in [0.1, 0.15) is 42.4 Å². The van der Waals surface area contributed by atoms with Crippen LogP contribution in [-0.4, -0.2) is 30.7 Å². The van der Waals surface area contributed by atoms with Gasteiger partial charge in [0.2, 0.25) is 5.95 Å². The molecule has 1 aliphatic heterocycles. The van der Waals surface area contributed by atoms with E-state index in [-0.39, 0.29) is 11.6 Å². The van der Waals surface area contributed by atoms with Crippen molar-refractivity contribution in [3.63, 3.8) is 0 Å². The largest absolute Gasteiger partial charge is 0.368 e. The van der Waals surface area contributed by atoms with Crippen molar-refractivity contribution in [1.82, 2.24) is 24.1 Å². The first-order chi connectivity index (χ1) is 15.6. The van der Waals surface area contributed by atoms with E-state index < -0.39 is 0 Å². The van der Waals surface area contributed by atoms with Crippen molar-refractivity contribution in [3.05, 3.63) is 75.1 Å². The van der Waals surface area contributed by atoms with E-state index in [0.717, 1.165) is 55.8 Å². The SMILES string of the molecule is Nc1nc2c(c(N3CCC[C@H]3c3nn4ccc(Cl)c4c(=O)n3-c3ccccc3)n1)CCC2. The zero-order valence-electron chi connectivity index (χ0n) is 17.4. The monoisotopic (exact) mass is 447 g/mol. The van der Waals surface area contributed by atoms with Gasteiger partial charge in [-0.2, -0.15) is 10.1 Å². The smallest absolute Gasteiger partial charge is 0.284 e. The standard InChI is InChI=1S/C23H22ClN7O/c24-16-11-13-30-19(16)22(32)31(14-6-2-1-3-7-14)21(28-30)18-10-5-12-29(18)20-15-8-4-9-17(15)26-23(25)27-20/h1-3,6-7,11,13,18H,4-5,8-10,12H2,(H2,25,26,27)/t18-/m0/s1. The molecule has 3 aromatic heterocycles. The summed E-state index contributed by atoms with van der Waals surface area (Å²) in [5.41, 5.74) is 9.23. The Bertz CT molecular complexity index is 1400. The molecule has 1 saturated heterocycles. The third kappa shape index (κ3) is 2.90. The van der Waals surface area contributed by atoms with Gasteiger partial charge in [-0.05, 0) is 50.3 Å². The summed E-state index contributed by atoms with van der Waals surface area (Å²) in [4.78, 5) is 25.0. The minimum atomic E-state index is -0.185. The van der Waals surface area contributed by atoms with E-state index in [1.165, 1.54) is 5.56 Å². The zero-order chi connectivity index (χ0) is 21.8. The highest BCUT2D eigenvalue weighted by Crippen LogP contribution is 2.39. The Morgan fingerprint density at radius 2 is 1.91 bits per heavy atom. The summed E-state index contributed by atoms with van der Waals surface area (Å²) in [6.07, 6.45) is 6.49. The minimum absolute atomic E-state index is 0.118. The van der Waals surface area contributed by atoms with Gasteiger partial charge in [-0.15, -0.1) is 0 Å². The number of aryl methyl sites for hydroxylation is 1. The van der Waals surface area contributed by atoms with Crippen LogP contribution in [-0.2, 0) is 12.8 Å². The number of nitrogen functional groups attached to an aromatic ring is 1. The third-order valence-electron chi connectivity index (χ3n) is 6.43. The van der Waals surface area contributed by atoms with Gasteiger partial charge in [-0.1, -0.05) is 29.8 Å². The van der Waals surface area contributed by atoms with E-state index in [0.29, 0.717) is 22.3 Å². The molecule has 6 rings (SSSR count). The second-order valence-corrected chi connectivity index (χ2v) is 8.73. The Kier molecular flexibility index (Phi) is 4.43. The maximum Gasteiger partial charge on any atom is 0.284 e. The summed E-state index contributed by atoms with van der Waals surface area (Å²) in [7, 11) is 0. The van der Waals surface area contributed by atoms with Gasteiger partial charge in [0.1, 0.15) is 11.3 Å². The zero-order valence-corrected chi connectivity index (χ0v) is 18.2. The number of nitrogens with two attached hydrogens (primary N) is 1. The first-order valence-corrected chi connectivity index (χ1v) is 11.3. The van der Waals surface area contributed by atoms with E-state index in [1.807, 2.05) is 30.3 Å². The summed E-state index contributed by atoms with van der Waals surface area (Å²) < 4.78 is 3.28. The van der Waals surface area contributed by atoms with E-state index in [9.17, 15) is 4.79 Å². The topological polar surface area (TPSA) is 94.3 Å². The predicted molar refractivity (Wildman–Crippen MR) is 124 cm³/mol. The average molecular weight is 448 g/mol. The number of anilines is 2. The van der Waals surface area contributed by atoms with Gasteiger partial charge in [0.15, 0.2) is 5.82 Å². The molecule has 0 bridgehead atoms. The fourth-order valence-electron chi connectivity index (χ4n) is 5.05. The summed E-state index contributed by atoms with van der Waals surface area (Å²) in [6.45, 7) is 0.822. The number of para-hydroxylation sites is 1. The van der Waals surface area contributed by atoms with E-state index in [4.69, 9.17) is 22.4 Å². The van der Waals surface area contributed by atoms with Crippen LogP contribution in [0.3, 0.4) is 0 Å². The number of nitrogens with zero attached hydrogens (tertiary/aromatic N) is 6. The van der Waals surface area contributed by atoms with E-state index in [1.54, 1.807) is 21.3 Å². The van der Waals surface area contributed by atoms with Crippen LogP contribution in [0.4, 0.5) is 11.8 Å². The fraction of sp³-hybridized carbons (Fsp3) is 0.304. The number of hydrogen-bond donors (Lipinski definition) is 1. The van der Waals surface area contributed by atoms with Gasteiger partial charge in [0.25, 0.3) is 5.56 Å². The van der Waals surface area contributed by atoms with Gasteiger partial charge in [-0.3, -0.25) is 9.36 Å². The lowest BCUT2D eigenvalue weighted by Gasteiger charge is -2.28. The molecule has 9 heteroatoms. The molecule has 0 unspecified atom stereocenters. The van der Waals surface area contributed by atoms with Crippen LogP contribution in [0.2, 0.25) is 5.02 Å². The Hall–Kier alpha value is -3.39. The lowest BCUT2D eigenvalue weighted by atomic mass is 10.1. The molecule has 0 spiro atoms. The highest BCUT2D eigenvalue weighted by Gasteiger charge is 2.35. The van der Waals surface area contributed by atoms with Crippen LogP contribution < -0.4 is 16.2 Å². The lowest BCUT2D eigenvalue weighted by Crippen LogP contribution is -2.33. The molecule has 8 nitrogen and oxygen atoms in total. The molecular formula is C23H22ClN7O. The van der Waals surface area contributed by atoms with Crippen molar-refractivity contribution in [2.75, 3.05) is 17.2 Å². The highest BCUT2D eigenvalue weighted by atomic mass is 35.5. The second-order valence-electron chi connectivity index (χ2n) is 8.33. The molecule has 1 aromatic carbocycles. The van der Waals surface area contributed by atoms with Crippen LogP contribution in [0.5, 0.6) is 0 Å². The van der Waals surface area contributed by atoms with Crippen molar-refractivity contribution in [2.24, 2.45) is 0 Å². The van der Waals surface area contributed by atoms with E-state index >= 15 is 0 Å². The molecule has 162 valence electrons. The van der Waals surface area contributed by atoms with Crippen LogP contribution >= 0.6 is 11.6 Å². The van der Waals surface area contributed by atoms with Crippen molar-refractivity contribution in [2.45, 2.75) is 38.1 Å². The maximum atomic E-state index is 13.6. The van der Waals surface area contributed by atoms with Crippen LogP contribution in [0, 0.1) is 0 Å². The molecule has 32 heavy (non-hydrogen) atoms. The number of benzene rings is 1. The Labute approximate surface area is 189 Å². The molecule has 0 amide bonds. The fourth-order valence-corrected chi connectivity index (χ4v) is 5.27. The highest BCUT2D eigenvalue weighted by molar-refractivity contribution is 6.33. The van der Waals surface area contributed by atoms with Crippen molar-refractivity contribution in [3.8, 4) is 5.69 Å². The first-order valence-electron chi connectivity index (χ1n) is 10.9. The Balaban J connectivity index is 1.58. The van der Waals surface area contributed by atoms with Crippen molar-refractivity contribution >= 4 is 28.9 Å². The predicted octanol–water partition coefficient (Wildman–Crippen LogP) is 3.34. The molecular weight excluding hydrogens is 426 g/mol. The average Bonchev–Trinajstić information content (AvgIpc) is 3.53. The lowest BCUT2D eigenvalue weighted by molar-refractivity contribution is 0.600. The summed E-state index contributed by atoms with van der Waals surface area (Å²) in [5, 5.41) is 5.28. The Morgan fingerprint density at radius 1 is 1.06 bits per heavy atom. The molecule has 1 atom stereocenters. The summed E-state index contributed by atoms with van der Waals surface area (Å²) in [6, 6.07) is 11.2. The van der Waals surface area contributed by atoms with Crippen molar-refractivity contribution in [1.29, 1.82) is 0 Å². The molecule has 0 saturated carbocycles. The summed E-state index contributed by atoms with van der Waals surface area (Å²) in [5.74, 6) is 1.85. The van der Waals surface area contributed by atoms with Gasteiger partial charge < -0.3 is 10.6 Å². The number of fused-ring (bicyclic) bond motifs is 2. The second kappa shape index (κ2) is 7.34. The molecule has 2 aliphatic rings. The molecule has 0 radical (unpaired) electrons. The van der Waals surface area contributed by atoms with Gasteiger partial charge in [0.05, 0.1) is 22.4 Å². The number of hydrogen-bond acceptors (Lipinski definition) is 6. The Morgan fingerprint density at radius 3 is 2.75 bits per heavy atom. The van der Waals surface area contributed by atoms with Gasteiger partial charge in [-0.25, -0.2) is 9.50 Å². The molecule has 4 aromatic rings. The quantitative estimate of drug-likeness (QED) is 0.517. The van der Waals surface area contributed by atoms with Crippen molar-refractivity contribution < 1.29 is 0 Å². The molecule has 1 fully saturated rings. The molecule has 4 heterocycles.